The largest absolute Gasteiger partial charge is 0.213 e. The van der Waals surface area contributed by atoms with E-state index >= 15 is 0 Å². The lowest BCUT2D eigenvalue weighted by Gasteiger charge is -2.18. The van der Waals surface area contributed by atoms with Crippen molar-refractivity contribution in [3.05, 3.63) is 46.7 Å². The van der Waals surface area contributed by atoms with Gasteiger partial charge in [0.25, 0.3) is 0 Å². The lowest BCUT2D eigenvalue weighted by Crippen LogP contribution is -2.45. The van der Waals surface area contributed by atoms with E-state index in [2.05, 4.69) is 62.5 Å². The van der Waals surface area contributed by atoms with Gasteiger partial charge in [-0.2, -0.15) is 0 Å². The molecule has 0 aliphatic rings. The van der Waals surface area contributed by atoms with Gasteiger partial charge in [-0.3, -0.25) is 0 Å². The second-order valence-corrected chi connectivity index (χ2v) is 6.18. The molecule has 1 aromatic carbocycles. The van der Waals surface area contributed by atoms with Gasteiger partial charge in [-0.15, -0.1) is 11.3 Å². The van der Waals surface area contributed by atoms with Crippen molar-refractivity contribution in [2.24, 2.45) is 0 Å². The number of thiophene rings is 1. The van der Waals surface area contributed by atoms with Gasteiger partial charge >= 0.3 is 0 Å². The number of hydrogen-bond acceptors (Lipinski definition) is 1. The van der Waals surface area contributed by atoms with Crippen LogP contribution in [-0.2, 0) is 6.42 Å². The van der Waals surface area contributed by atoms with E-state index in [0.717, 1.165) is 0 Å². The third-order valence-corrected chi connectivity index (χ3v) is 4.41. The van der Waals surface area contributed by atoms with E-state index < -0.39 is 0 Å². The monoisotopic (exact) mass is 256 g/mol. The van der Waals surface area contributed by atoms with Gasteiger partial charge in [-0.25, -0.2) is 0 Å². The van der Waals surface area contributed by atoms with Gasteiger partial charge in [0.15, 0.2) is 0 Å². The molecule has 1 heterocycles. The van der Waals surface area contributed by atoms with Gasteiger partial charge in [-0.05, 0) is 16.7 Å². The first-order chi connectivity index (χ1) is 8.74. The van der Waals surface area contributed by atoms with Crippen molar-refractivity contribution in [3.8, 4) is 0 Å². The van der Waals surface area contributed by atoms with Crippen LogP contribution in [0.5, 0.6) is 0 Å². The topological polar surface area (TPSA) is 0 Å². The molecule has 0 fully saturated rings. The van der Waals surface area contributed by atoms with Crippen LogP contribution in [0.25, 0.3) is 0 Å². The molecule has 0 amide bonds. The fourth-order valence-corrected chi connectivity index (χ4v) is 3.67. The summed E-state index contributed by atoms with van der Waals surface area (Å²) in [6.07, 6.45) is 2.44. The Morgan fingerprint density at radius 1 is 1.11 bits per heavy atom. The minimum Gasteiger partial charge on any atom is -0.150 e. The van der Waals surface area contributed by atoms with Crippen molar-refractivity contribution in [1.29, 1.82) is 0 Å². The van der Waals surface area contributed by atoms with E-state index in [1.807, 2.05) is 11.3 Å². The summed E-state index contributed by atoms with van der Waals surface area (Å²) >= 11 is 1.91. The molecule has 2 aromatic rings. The normalized spacial score (nSPS) is 10.9. The van der Waals surface area contributed by atoms with Crippen molar-refractivity contribution >= 4 is 29.0 Å². The molecule has 2 heteroatoms. The van der Waals surface area contributed by atoms with Crippen LogP contribution >= 0.6 is 11.3 Å². The summed E-state index contributed by atoms with van der Waals surface area (Å²) < 4.78 is 0. The van der Waals surface area contributed by atoms with Crippen LogP contribution < -0.4 is 10.9 Å². The van der Waals surface area contributed by atoms with Gasteiger partial charge in [0.2, 0.25) is 6.71 Å². The zero-order valence-corrected chi connectivity index (χ0v) is 12.3. The first-order valence-electron chi connectivity index (χ1n) is 6.85. The van der Waals surface area contributed by atoms with Crippen molar-refractivity contribution in [3.63, 3.8) is 0 Å². The molecule has 0 atom stereocenters. The molecule has 0 radical (unpaired) electrons. The third-order valence-electron chi connectivity index (χ3n) is 3.42. The first kappa shape index (κ1) is 13.4. The Morgan fingerprint density at radius 2 is 1.83 bits per heavy atom. The quantitative estimate of drug-likeness (QED) is 0.715. The van der Waals surface area contributed by atoms with Crippen molar-refractivity contribution < 1.29 is 0 Å². The number of benzene rings is 1. The fourth-order valence-electron chi connectivity index (χ4n) is 2.64. The van der Waals surface area contributed by atoms with Crippen LogP contribution in [0.15, 0.2) is 41.8 Å². The summed E-state index contributed by atoms with van der Waals surface area (Å²) in [5.74, 6) is 0.637. The van der Waals surface area contributed by atoms with Crippen molar-refractivity contribution in [2.45, 2.75) is 39.4 Å². The number of rotatable bonds is 5. The Morgan fingerprint density at radius 3 is 2.44 bits per heavy atom. The van der Waals surface area contributed by atoms with E-state index in [1.165, 1.54) is 18.3 Å². The van der Waals surface area contributed by atoms with Crippen LogP contribution in [0.1, 0.15) is 32.1 Å². The van der Waals surface area contributed by atoms with E-state index in [0.29, 0.717) is 12.5 Å². The molecule has 0 saturated carbocycles. The predicted molar refractivity (Wildman–Crippen MR) is 84.9 cm³/mol. The first-order valence-corrected chi connectivity index (χ1v) is 7.73. The Balaban J connectivity index is 2.39. The number of aryl methyl sites for hydroxylation is 1. The summed E-state index contributed by atoms with van der Waals surface area (Å²) in [6, 6.07) is 13.2. The van der Waals surface area contributed by atoms with Crippen LogP contribution in [0.2, 0.25) is 5.82 Å². The summed E-state index contributed by atoms with van der Waals surface area (Å²) in [4.78, 5) is 1.57. The standard InChI is InChI=1S/C16H21BS/c1-4-8-16-15(11-12-18-16)17(13(2)3)14-9-6-5-7-10-14/h5-7,9-13H,4,8H2,1-3H3. The molecular weight excluding hydrogens is 235 g/mol. The van der Waals surface area contributed by atoms with E-state index in [9.17, 15) is 0 Å². The zero-order chi connectivity index (χ0) is 13.0. The molecule has 0 saturated heterocycles. The second-order valence-electron chi connectivity index (χ2n) is 5.18. The molecule has 18 heavy (non-hydrogen) atoms. The molecule has 0 aliphatic heterocycles. The van der Waals surface area contributed by atoms with E-state index in [1.54, 1.807) is 10.3 Å². The second kappa shape index (κ2) is 6.24. The van der Waals surface area contributed by atoms with Crippen LogP contribution in [0.3, 0.4) is 0 Å². The minimum absolute atomic E-state index is 0.541. The van der Waals surface area contributed by atoms with E-state index in [4.69, 9.17) is 0 Å². The lowest BCUT2D eigenvalue weighted by molar-refractivity contribution is 0.942. The van der Waals surface area contributed by atoms with Gasteiger partial charge < -0.3 is 0 Å². The van der Waals surface area contributed by atoms with Crippen molar-refractivity contribution in [2.75, 3.05) is 0 Å². The molecule has 94 valence electrons. The molecule has 0 spiro atoms. The molecule has 2 rings (SSSR count). The van der Waals surface area contributed by atoms with Gasteiger partial charge in [-0.1, -0.05) is 80.3 Å². The Labute approximate surface area is 115 Å². The molecular formula is C16H21BS. The molecule has 0 N–H and O–H groups in total. The maximum atomic E-state index is 2.33. The van der Waals surface area contributed by atoms with E-state index in [-0.39, 0.29) is 0 Å². The van der Waals surface area contributed by atoms with Crippen LogP contribution in [0.4, 0.5) is 0 Å². The third kappa shape index (κ3) is 2.86. The van der Waals surface area contributed by atoms with Gasteiger partial charge in [0, 0.05) is 0 Å². The van der Waals surface area contributed by atoms with Crippen LogP contribution in [0, 0.1) is 0 Å². The van der Waals surface area contributed by atoms with Gasteiger partial charge in [0.1, 0.15) is 0 Å². The highest BCUT2D eigenvalue weighted by Crippen LogP contribution is 2.16. The fraction of sp³-hybridized carbons (Fsp3) is 0.375. The number of hydrogen-bond donors (Lipinski definition) is 0. The average molecular weight is 256 g/mol. The maximum absolute atomic E-state index is 2.33. The smallest absolute Gasteiger partial charge is 0.150 e. The summed E-state index contributed by atoms with van der Waals surface area (Å²) in [7, 11) is 0. The summed E-state index contributed by atoms with van der Waals surface area (Å²) in [5.41, 5.74) is 2.99. The molecule has 0 aliphatic carbocycles. The minimum atomic E-state index is 0.541. The Kier molecular flexibility index (Phi) is 4.65. The molecule has 0 bridgehead atoms. The van der Waals surface area contributed by atoms with Crippen LogP contribution in [-0.4, -0.2) is 6.71 Å². The highest BCUT2D eigenvalue weighted by atomic mass is 32.1. The predicted octanol–water partition coefficient (Wildman–Crippen LogP) is 3.72. The van der Waals surface area contributed by atoms with Gasteiger partial charge in [0.05, 0.1) is 0 Å². The Hall–Kier alpha value is -1.02. The summed E-state index contributed by atoms with van der Waals surface area (Å²) in [5, 5.41) is 2.25. The SMILES string of the molecule is CCCc1sccc1B(c1ccccc1)C(C)C. The molecule has 1 aromatic heterocycles. The molecule has 0 unspecified atom stereocenters. The highest BCUT2D eigenvalue weighted by Gasteiger charge is 2.25. The van der Waals surface area contributed by atoms with Crippen molar-refractivity contribution in [1.82, 2.24) is 0 Å². The highest BCUT2D eigenvalue weighted by molar-refractivity contribution is 7.12. The molecule has 0 nitrogen and oxygen atoms in total. The zero-order valence-electron chi connectivity index (χ0n) is 11.5. The average Bonchev–Trinajstić information content (AvgIpc) is 2.79. The summed E-state index contributed by atoms with van der Waals surface area (Å²) in [6.45, 7) is 7.45. The lowest BCUT2D eigenvalue weighted by atomic mass is 9.34. The Bertz CT molecular complexity index is 473. The maximum Gasteiger partial charge on any atom is 0.213 e.